The van der Waals surface area contributed by atoms with Crippen LogP contribution in [0.15, 0.2) is 23.1 Å². The lowest BCUT2D eigenvalue weighted by atomic mass is 10.1. The van der Waals surface area contributed by atoms with E-state index in [1.807, 2.05) is 25.3 Å². The number of pyridine rings is 1. The highest BCUT2D eigenvalue weighted by Crippen LogP contribution is 2.09. The van der Waals surface area contributed by atoms with Crippen LogP contribution in [0.4, 0.5) is 0 Å². The summed E-state index contributed by atoms with van der Waals surface area (Å²) >= 11 is 3.23. The fourth-order valence-corrected chi connectivity index (χ4v) is 1.74. The molecule has 0 saturated carbocycles. The van der Waals surface area contributed by atoms with Crippen molar-refractivity contribution < 1.29 is 0 Å². The molecule has 2 aromatic rings. The van der Waals surface area contributed by atoms with Crippen molar-refractivity contribution in [2.45, 2.75) is 19.4 Å². The van der Waals surface area contributed by atoms with Gasteiger partial charge in [-0.15, -0.1) is 5.10 Å². The number of halogens is 1. The van der Waals surface area contributed by atoms with E-state index in [9.17, 15) is 0 Å². The summed E-state index contributed by atoms with van der Waals surface area (Å²) in [5.74, 6) is 0. The number of fused-ring (bicyclic) bond motifs is 1. The summed E-state index contributed by atoms with van der Waals surface area (Å²) < 4.78 is 2.36. The molecule has 0 amide bonds. The van der Waals surface area contributed by atoms with E-state index in [4.69, 9.17) is 5.73 Å². The van der Waals surface area contributed by atoms with Gasteiger partial charge in [-0.2, -0.15) is 0 Å². The molecule has 2 N–H and O–H groups in total. The van der Waals surface area contributed by atoms with Crippen molar-refractivity contribution >= 4 is 21.6 Å². The predicted molar refractivity (Wildman–Crippen MR) is 58.0 cm³/mol. The lowest BCUT2D eigenvalue weighted by Crippen LogP contribution is -2.17. The lowest BCUT2D eigenvalue weighted by Gasteiger charge is -2.04. The van der Waals surface area contributed by atoms with E-state index >= 15 is 0 Å². The van der Waals surface area contributed by atoms with Crippen LogP contribution in [-0.4, -0.2) is 20.6 Å². The molecule has 2 heterocycles. The number of aromatic nitrogens is 3. The van der Waals surface area contributed by atoms with Gasteiger partial charge in [0.2, 0.25) is 4.73 Å². The third-order valence-corrected chi connectivity index (χ3v) is 2.26. The number of nitrogens with two attached hydrogens (primary N) is 1. The molecule has 74 valence electrons. The van der Waals surface area contributed by atoms with Crippen LogP contribution in [0.25, 0.3) is 5.65 Å². The summed E-state index contributed by atoms with van der Waals surface area (Å²) in [4.78, 5) is 4.17. The normalized spacial score (nSPS) is 13.4. The van der Waals surface area contributed by atoms with Crippen molar-refractivity contribution in [3.63, 3.8) is 0 Å². The molecule has 0 aliphatic rings. The van der Waals surface area contributed by atoms with Crippen LogP contribution < -0.4 is 5.73 Å². The maximum absolute atomic E-state index is 5.72. The summed E-state index contributed by atoms with van der Waals surface area (Å²) in [6.45, 7) is 1.99. The predicted octanol–water partition coefficient (Wildman–Crippen LogP) is 1.38. The van der Waals surface area contributed by atoms with Gasteiger partial charge in [0.05, 0.1) is 0 Å². The Labute approximate surface area is 90.3 Å². The summed E-state index contributed by atoms with van der Waals surface area (Å²) in [6.07, 6.45) is 2.81. The van der Waals surface area contributed by atoms with Crippen LogP contribution in [0.3, 0.4) is 0 Å². The van der Waals surface area contributed by atoms with Crippen molar-refractivity contribution in [1.29, 1.82) is 0 Å². The minimum absolute atomic E-state index is 0.166. The van der Waals surface area contributed by atoms with E-state index in [1.165, 1.54) is 5.56 Å². The SMILES string of the molecule is CC(N)Cc1ccc2nc(Br)nn2c1. The van der Waals surface area contributed by atoms with Crippen LogP contribution >= 0.6 is 15.9 Å². The highest BCUT2D eigenvalue weighted by atomic mass is 79.9. The largest absolute Gasteiger partial charge is 0.328 e. The molecule has 0 saturated heterocycles. The maximum atomic E-state index is 5.72. The molecule has 0 aliphatic carbocycles. The van der Waals surface area contributed by atoms with Crippen molar-refractivity contribution in [3.05, 3.63) is 28.6 Å². The third kappa shape index (κ3) is 1.93. The van der Waals surface area contributed by atoms with Gasteiger partial charge in [-0.1, -0.05) is 6.07 Å². The quantitative estimate of drug-likeness (QED) is 0.882. The Morgan fingerprint density at radius 3 is 3.07 bits per heavy atom. The Hall–Kier alpha value is -0.940. The first-order valence-electron chi connectivity index (χ1n) is 4.41. The van der Waals surface area contributed by atoms with Gasteiger partial charge in [-0.25, -0.2) is 9.50 Å². The van der Waals surface area contributed by atoms with Gasteiger partial charge in [0, 0.05) is 12.2 Å². The molecule has 0 bridgehead atoms. The second-order valence-corrected chi connectivity index (χ2v) is 4.11. The Bertz CT molecular complexity index is 449. The molecule has 1 unspecified atom stereocenters. The second-order valence-electron chi connectivity index (χ2n) is 3.40. The molecule has 5 heteroatoms. The topological polar surface area (TPSA) is 56.2 Å². The number of hydrogen-bond donors (Lipinski definition) is 1. The van der Waals surface area contributed by atoms with E-state index in [1.54, 1.807) is 4.52 Å². The van der Waals surface area contributed by atoms with Gasteiger partial charge >= 0.3 is 0 Å². The molecule has 0 spiro atoms. The van der Waals surface area contributed by atoms with Crippen molar-refractivity contribution in [2.75, 3.05) is 0 Å². The van der Waals surface area contributed by atoms with Crippen molar-refractivity contribution in [3.8, 4) is 0 Å². The number of nitrogens with zero attached hydrogens (tertiary/aromatic N) is 3. The minimum atomic E-state index is 0.166. The van der Waals surface area contributed by atoms with Gasteiger partial charge < -0.3 is 5.73 Å². The lowest BCUT2D eigenvalue weighted by molar-refractivity contribution is 0.731. The smallest absolute Gasteiger partial charge is 0.218 e. The zero-order valence-corrected chi connectivity index (χ0v) is 9.40. The average molecular weight is 255 g/mol. The molecule has 0 radical (unpaired) electrons. The average Bonchev–Trinajstić information content (AvgIpc) is 2.42. The summed E-state index contributed by atoms with van der Waals surface area (Å²) in [5, 5.41) is 4.16. The van der Waals surface area contributed by atoms with Gasteiger partial charge in [-0.3, -0.25) is 0 Å². The molecular weight excluding hydrogens is 244 g/mol. The van der Waals surface area contributed by atoms with Gasteiger partial charge in [-0.05, 0) is 40.9 Å². The van der Waals surface area contributed by atoms with E-state index in [0.717, 1.165) is 12.1 Å². The Morgan fingerprint density at radius 2 is 2.36 bits per heavy atom. The molecule has 0 aromatic carbocycles. The molecule has 0 fully saturated rings. The van der Waals surface area contributed by atoms with Crippen LogP contribution in [0.5, 0.6) is 0 Å². The Balaban J connectivity index is 2.40. The van der Waals surface area contributed by atoms with Crippen molar-refractivity contribution in [2.24, 2.45) is 5.73 Å². The zero-order valence-electron chi connectivity index (χ0n) is 7.81. The summed E-state index contributed by atoms with van der Waals surface area (Å²) in [5.41, 5.74) is 7.73. The van der Waals surface area contributed by atoms with Crippen LogP contribution in [-0.2, 0) is 6.42 Å². The zero-order chi connectivity index (χ0) is 10.1. The molecule has 2 rings (SSSR count). The fourth-order valence-electron chi connectivity index (χ4n) is 1.39. The number of rotatable bonds is 2. The molecule has 2 aromatic heterocycles. The van der Waals surface area contributed by atoms with Crippen LogP contribution in [0.2, 0.25) is 0 Å². The maximum Gasteiger partial charge on any atom is 0.218 e. The molecule has 1 atom stereocenters. The Morgan fingerprint density at radius 1 is 1.57 bits per heavy atom. The monoisotopic (exact) mass is 254 g/mol. The first-order chi connectivity index (χ1) is 6.65. The number of hydrogen-bond acceptors (Lipinski definition) is 3. The molecule has 14 heavy (non-hydrogen) atoms. The summed E-state index contributed by atoms with van der Waals surface area (Å²) in [7, 11) is 0. The summed E-state index contributed by atoms with van der Waals surface area (Å²) in [6, 6.07) is 4.13. The van der Waals surface area contributed by atoms with E-state index in [2.05, 4.69) is 26.0 Å². The van der Waals surface area contributed by atoms with Gasteiger partial charge in [0.1, 0.15) is 0 Å². The third-order valence-electron chi connectivity index (χ3n) is 1.92. The molecule has 0 aliphatic heterocycles. The van der Waals surface area contributed by atoms with E-state index < -0.39 is 0 Å². The van der Waals surface area contributed by atoms with E-state index in [-0.39, 0.29) is 6.04 Å². The Kier molecular flexibility index (Phi) is 2.52. The van der Waals surface area contributed by atoms with Gasteiger partial charge in [0.15, 0.2) is 5.65 Å². The van der Waals surface area contributed by atoms with Crippen molar-refractivity contribution in [1.82, 2.24) is 14.6 Å². The molecular formula is C9H11BrN4. The van der Waals surface area contributed by atoms with Crippen LogP contribution in [0.1, 0.15) is 12.5 Å². The minimum Gasteiger partial charge on any atom is -0.328 e. The fraction of sp³-hybridized carbons (Fsp3) is 0.333. The van der Waals surface area contributed by atoms with E-state index in [0.29, 0.717) is 4.73 Å². The highest BCUT2D eigenvalue weighted by Gasteiger charge is 2.02. The van der Waals surface area contributed by atoms with Gasteiger partial charge in [0.25, 0.3) is 0 Å². The van der Waals surface area contributed by atoms with Crippen LogP contribution in [0, 0.1) is 0 Å². The first kappa shape index (κ1) is 9.61. The molecule has 4 nitrogen and oxygen atoms in total. The first-order valence-corrected chi connectivity index (χ1v) is 5.21. The highest BCUT2D eigenvalue weighted by molar-refractivity contribution is 9.10. The second kappa shape index (κ2) is 3.67. The standard InChI is InChI=1S/C9H11BrN4/c1-6(11)4-7-2-3-8-12-9(10)13-14(8)5-7/h2-3,5-6H,4,11H2,1H3.